The smallest absolute Gasteiger partial charge is 0.328 e. The second-order valence-corrected chi connectivity index (χ2v) is 11.9. The fourth-order valence-corrected chi connectivity index (χ4v) is 6.14. The maximum absolute atomic E-state index is 13.2. The number of fused-ring (bicyclic) bond motifs is 1. The van der Waals surface area contributed by atoms with Crippen LogP contribution in [0.4, 0.5) is 5.82 Å². The molecule has 0 aliphatic carbocycles. The lowest BCUT2D eigenvalue weighted by molar-refractivity contribution is -0.142. The highest BCUT2D eigenvalue weighted by Crippen LogP contribution is 2.24. The van der Waals surface area contributed by atoms with E-state index in [2.05, 4.69) is 10.2 Å². The predicted molar refractivity (Wildman–Crippen MR) is 151 cm³/mol. The Balaban J connectivity index is 1.50. The third-order valence-electron chi connectivity index (χ3n) is 6.68. The molecule has 9 nitrogen and oxygen atoms in total. The summed E-state index contributed by atoms with van der Waals surface area (Å²) in [5.74, 6) is 0.797. The number of benzene rings is 2. The number of para-hydroxylation sites is 1. The van der Waals surface area contributed by atoms with Gasteiger partial charge in [0.25, 0.3) is 0 Å². The van der Waals surface area contributed by atoms with Crippen LogP contribution in [0, 0.1) is 5.92 Å². The van der Waals surface area contributed by atoms with Crippen molar-refractivity contribution in [3.63, 3.8) is 0 Å². The molecule has 3 aromatic rings. The Morgan fingerprint density at radius 1 is 1.13 bits per heavy atom. The molecule has 0 amide bonds. The van der Waals surface area contributed by atoms with Crippen molar-refractivity contribution in [2.24, 2.45) is 5.92 Å². The van der Waals surface area contributed by atoms with Gasteiger partial charge in [-0.15, -0.1) is 0 Å². The van der Waals surface area contributed by atoms with Crippen LogP contribution in [-0.4, -0.2) is 80.2 Å². The Morgan fingerprint density at radius 3 is 2.50 bits per heavy atom. The Labute approximate surface area is 229 Å². The Hall–Kier alpha value is -2.73. The molecule has 1 saturated heterocycles. The number of nitrogens with zero attached hydrogens (tertiary/aromatic N) is 4. The fraction of sp³-hybridized carbons (Fsp3) is 0.423. The van der Waals surface area contributed by atoms with Crippen LogP contribution in [0.2, 0.25) is 11.8 Å². The SMILES string of the molecule is C[B]c1cc(S(=O)(=O)N2CCN(Cc3nc(N[C@H](C(=O)OC)C(C)C)c4ccccc4n3)CC2)ccc1Cl. The summed E-state index contributed by atoms with van der Waals surface area (Å²) in [6.45, 7) is 7.94. The third-order valence-corrected chi connectivity index (χ3v) is 8.91. The molecular weight excluding hydrogens is 525 g/mol. The maximum atomic E-state index is 13.2. The maximum Gasteiger partial charge on any atom is 0.328 e. The van der Waals surface area contributed by atoms with Crippen LogP contribution in [0.3, 0.4) is 0 Å². The van der Waals surface area contributed by atoms with E-state index in [9.17, 15) is 13.2 Å². The van der Waals surface area contributed by atoms with Crippen LogP contribution in [0.25, 0.3) is 10.9 Å². The predicted octanol–water partition coefficient (Wildman–Crippen LogP) is 2.78. The lowest BCUT2D eigenvalue weighted by atomic mass is 9.73. The summed E-state index contributed by atoms with van der Waals surface area (Å²) in [7, 11) is -0.469. The summed E-state index contributed by atoms with van der Waals surface area (Å²) < 4.78 is 33.0. The first kappa shape index (κ1) is 28.3. The number of ether oxygens (including phenoxy) is 1. The van der Waals surface area contributed by atoms with Gasteiger partial charge >= 0.3 is 5.97 Å². The molecule has 1 aliphatic rings. The minimum Gasteiger partial charge on any atom is -0.467 e. The summed E-state index contributed by atoms with van der Waals surface area (Å²) in [6, 6.07) is 11.9. The number of carbonyl (C=O) groups excluding carboxylic acids is 1. The average molecular weight is 557 g/mol. The monoisotopic (exact) mass is 556 g/mol. The van der Waals surface area contributed by atoms with E-state index in [1.807, 2.05) is 44.9 Å². The van der Waals surface area contributed by atoms with E-state index in [0.717, 1.165) is 10.9 Å². The van der Waals surface area contributed by atoms with E-state index in [0.29, 0.717) is 54.9 Å². The molecule has 0 unspecified atom stereocenters. The van der Waals surface area contributed by atoms with Crippen molar-refractivity contribution >= 4 is 57.1 Å². The molecule has 38 heavy (non-hydrogen) atoms. The van der Waals surface area contributed by atoms with Gasteiger partial charge in [-0.2, -0.15) is 4.31 Å². The second kappa shape index (κ2) is 12.0. The molecule has 0 saturated carbocycles. The Bertz CT molecular complexity index is 1410. The van der Waals surface area contributed by atoms with E-state index >= 15 is 0 Å². The van der Waals surface area contributed by atoms with Gasteiger partial charge in [-0.05, 0) is 36.2 Å². The van der Waals surface area contributed by atoms with Crippen LogP contribution < -0.4 is 10.8 Å². The summed E-state index contributed by atoms with van der Waals surface area (Å²) in [5, 5.41) is 4.60. The van der Waals surface area contributed by atoms with E-state index in [1.54, 1.807) is 25.5 Å². The largest absolute Gasteiger partial charge is 0.467 e. The number of carbonyl (C=O) groups is 1. The second-order valence-electron chi connectivity index (χ2n) is 9.55. The molecule has 1 aromatic heterocycles. The number of nitrogens with one attached hydrogen (secondary N) is 1. The fourth-order valence-electron chi connectivity index (χ4n) is 4.46. The van der Waals surface area contributed by atoms with Crippen molar-refractivity contribution in [2.45, 2.75) is 38.2 Å². The minimum absolute atomic E-state index is 0.0124. The highest BCUT2D eigenvalue weighted by Gasteiger charge is 2.30. The lowest BCUT2D eigenvalue weighted by Gasteiger charge is -2.33. The van der Waals surface area contributed by atoms with E-state index in [4.69, 9.17) is 26.3 Å². The molecule has 2 aromatic carbocycles. The van der Waals surface area contributed by atoms with Crippen molar-refractivity contribution in [3.8, 4) is 0 Å². The minimum atomic E-state index is -3.63. The Kier molecular flexibility index (Phi) is 8.92. The van der Waals surface area contributed by atoms with E-state index < -0.39 is 16.1 Å². The number of rotatable bonds is 9. The first-order valence-corrected chi connectivity index (χ1v) is 14.4. The molecule has 1 fully saturated rings. The molecule has 1 aliphatic heterocycles. The van der Waals surface area contributed by atoms with Gasteiger partial charge in [-0.3, -0.25) is 4.90 Å². The molecule has 4 rings (SSSR count). The van der Waals surface area contributed by atoms with Crippen molar-refractivity contribution < 1.29 is 17.9 Å². The van der Waals surface area contributed by atoms with Gasteiger partial charge in [0, 0.05) is 36.6 Å². The molecule has 1 N–H and O–H groups in total. The van der Waals surface area contributed by atoms with Gasteiger partial charge in [0.1, 0.15) is 25.0 Å². The standard InChI is InChI=1S/C26H32BClN5O4S/c1-17(2)24(26(34)37-4)31-25-19-7-5-6-8-22(19)29-23(30-25)16-32-11-13-33(14-12-32)38(35,36)18-9-10-21(28)20(15-18)27-3/h5-10,15,17,24H,11-14,16H2,1-4H3,(H,29,30,31)/t24-/m0/s1. The molecule has 1 atom stereocenters. The summed E-state index contributed by atoms with van der Waals surface area (Å²) in [4.78, 5) is 24.2. The Morgan fingerprint density at radius 2 is 1.84 bits per heavy atom. The van der Waals surface area contributed by atoms with Crippen LogP contribution in [0.5, 0.6) is 0 Å². The number of anilines is 1. The number of sulfonamides is 1. The highest BCUT2D eigenvalue weighted by atomic mass is 35.5. The van der Waals surface area contributed by atoms with Crippen LogP contribution in [0.1, 0.15) is 19.7 Å². The molecule has 2 heterocycles. The molecule has 0 spiro atoms. The number of hydrogen-bond acceptors (Lipinski definition) is 8. The first-order valence-electron chi connectivity index (χ1n) is 12.6. The van der Waals surface area contributed by atoms with Crippen LogP contribution >= 0.6 is 11.6 Å². The quantitative estimate of drug-likeness (QED) is 0.317. The van der Waals surface area contributed by atoms with E-state index in [-0.39, 0.29) is 16.8 Å². The van der Waals surface area contributed by atoms with Gasteiger partial charge in [0.15, 0.2) is 0 Å². The number of aromatic nitrogens is 2. The topological polar surface area (TPSA) is 105 Å². The van der Waals surface area contributed by atoms with Crippen molar-refractivity contribution in [1.29, 1.82) is 0 Å². The van der Waals surface area contributed by atoms with Crippen molar-refractivity contribution in [2.75, 3.05) is 38.6 Å². The summed E-state index contributed by atoms with van der Waals surface area (Å²) in [6.07, 6.45) is 0. The normalized spacial score (nSPS) is 15.9. The van der Waals surface area contributed by atoms with Gasteiger partial charge in [0.2, 0.25) is 10.0 Å². The lowest BCUT2D eigenvalue weighted by Crippen LogP contribution is -2.48. The highest BCUT2D eigenvalue weighted by molar-refractivity contribution is 7.89. The number of halogens is 1. The molecule has 201 valence electrons. The number of piperazine rings is 1. The zero-order valence-corrected chi connectivity index (χ0v) is 23.6. The zero-order chi connectivity index (χ0) is 27.4. The van der Waals surface area contributed by atoms with Gasteiger partial charge in [0.05, 0.1) is 24.1 Å². The average Bonchev–Trinajstić information content (AvgIpc) is 2.91. The van der Waals surface area contributed by atoms with Crippen LogP contribution in [-0.2, 0) is 26.1 Å². The number of methoxy groups -OCH3 is 1. The van der Waals surface area contributed by atoms with Crippen molar-refractivity contribution in [3.05, 3.63) is 53.3 Å². The molecule has 1 radical (unpaired) electrons. The van der Waals surface area contributed by atoms with Crippen LogP contribution in [0.15, 0.2) is 47.4 Å². The summed E-state index contributed by atoms with van der Waals surface area (Å²) >= 11 is 6.16. The number of esters is 1. The molecule has 0 bridgehead atoms. The van der Waals surface area contributed by atoms with Gasteiger partial charge in [-0.1, -0.05) is 49.9 Å². The van der Waals surface area contributed by atoms with Crippen molar-refractivity contribution in [1.82, 2.24) is 19.2 Å². The zero-order valence-electron chi connectivity index (χ0n) is 22.0. The van der Waals surface area contributed by atoms with Gasteiger partial charge < -0.3 is 10.1 Å². The molecule has 12 heteroatoms. The summed E-state index contributed by atoms with van der Waals surface area (Å²) in [5.41, 5.74) is 1.45. The first-order chi connectivity index (χ1) is 18.1. The molecular formula is C26H32BClN5O4S. The van der Waals surface area contributed by atoms with E-state index in [1.165, 1.54) is 11.4 Å². The third kappa shape index (κ3) is 6.12. The number of hydrogen-bond donors (Lipinski definition) is 1. The van der Waals surface area contributed by atoms with Gasteiger partial charge in [-0.25, -0.2) is 23.2 Å².